The summed E-state index contributed by atoms with van der Waals surface area (Å²) in [6, 6.07) is 54.3. The highest BCUT2D eigenvalue weighted by atomic mass is 19.1. The van der Waals surface area contributed by atoms with E-state index in [9.17, 15) is 15.7 Å². The second-order valence-electron chi connectivity index (χ2n) is 17.7. The van der Waals surface area contributed by atoms with Crippen LogP contribution in [0.3, 0.4) is 0 Å². The third kappa shape index (κ3) is 8.39. The molecule has 3 N–H and O–H groups in total. The van der Waals surface area contributed by atoms with Crippen molar-refractivity contribution in [3.63, 3.8) is 0 Å². The summed E-state index contributed by atoms with van der Waals surface area (Å²) in [5.74, 6) is -1.74. The Labute approximate surface area is 397 Å². The van der Waals surface area contributed by atoms with E-state index in [0.29, 0.717) is 53.9 Å². The number of esters is 1. The van der Waals surface area contributed by atoms with Gasteiger partial charge in [0.05, 0.1) is 31.1 Å². The first-order valence-corrected chi connectivity index (χ1v) is 23.2. The molecule has 1 saturated carbocycles. The number of benzene rings is 5. The number of allylic oxidation sites excluding steroid dienone is 1. The lowest BCUT2D eigenvalue weighted by Gasteiger charge is -2.39. The Hall–Kier alpha value is -7.94. The number of halogens is 1. The maximum absolute atomic E-state index is 13.7. The lowest BCUT2D eigenvalue weighted by atomic mass is 9.73. The molecule has 0 spiro atoms. The van der Waals surface area contributed by atoms with Crippen LogP contribution in [-0.2, 0) is 4.74 Å². The summed E-state index contributed by atoms with van der Waals surface area (Å²) in [5.41, 5.74) is 12.3. The number of aliphatic hydroxyl groups is 1. The molecular formula is C60H49FN4O3. The molecule has 11 rings (SSSR count). The minimum Gasteiger partial charge on any atom is -0.459 e. The molecule has 5 aromatic carbocycles. The number of H-pyrrole nitrogens is 2. The van der Waals surface area contributed by atoms with Crippen molar-refractivity contribution in [2.75, 3.05) is 6.58 Å². The number of fused-ring (bicyclic) bond motifs is 8. The van der Waals surface area contributed by atoms with E-state index in [-0.39, 0.29) is 18.0 Å². The third-order valence-corrected chi connectivity index (χ3v) is 13.4. The summed E-state index contributed by atoms with van der Waals surface area (Å²) in [5, 5.41) is 12.4. The number of aromatic nitrogens is 4. The van der Waals surface area contributed by atoms with Crippen molar-refractivity contribution in [2.45, 2.75) is 44.1 Å². The van der Waals surface area contributed by atoms with Crippen LogP contribution in [0.15, 0.2) is 170 Å². The van der Waals surface area contributed by atoms with Crippen LogP contribution >= 0.6 is 0 Å². The predicted molar refractivity (Wildman–Crippen MR) is 272 cm³/mol. The number of carbonyl (C=O) groups is 1. The van der Waals surface area contributed by atoms with E-state index in [0.717, 1.165) is 73.1 Å². The number of rotatable bonds is 10. The van der Waals surface area contributed by atoms with E-state index >= 15 is 0 Å². The Morgan fingerprint density at radius 3 is 1.72 bits per heavy atom. The molecule has 3 atom stereocenters. The van der Waals surface area contributed by atoms with Crippen LogP contribution in [0.2, 0.25) is 0 Å². The molecule has 3 aromatic heterocycles. The summed E-state index contributed by atoms with van der Waals surface area (Å²) in [4.78, 5) is 31.9. The first kappa shape index (κ1) is 40.3. The third-order valence-electron chi connectivity index (χ3n) is 13.4. The number of nitrogens with one attached hydrogen (secondary N) is 2. The number of nitrogens with zero attached hydrogens (tertiary/aromatic N) is 2. The van der Waals surface area contributed by atoms with Gasteiger partial charge in [0.25, 0.3) is 0 Å². The molecule has 5 heterocycles. The van der Waals surface area contributed by atoms with Gasteiger partial charge in [0, 0.05) is 44.3 Å². The van der Waals surface area contributed by atoms with Gasteiger partial charge in [-0.2, -0.15) is 0 Å². The van der Waals surface area contributed by atoms with Crippen molar-refractivity contribution in [3.8, 4) is 44.5 Å². The molecule has 8 aromatic rings. The van der Waals surface area contributed by atoms with E-state index in [2.05, 4.69) is 70.6 Å². The maximum Gasteiger partial charge on any atom is 0.338 e. The SMILES string of the molecule is [2H]C1=C(CC[C@H]2CCCC[C@@]2(O)C([2H])OC(=O)c2ccc(F)cc2)c2nc1c(-c1ccccc1)c1nc(c(-c3ccccc3)c3ccc([nH]3)c(-c3ccccc3)c3ccc([nH]3)c2-c2ccccc2)C=C1. The molecule has 0 radical (unpaired) electrons. The van der Waals surface area contributed by atoms with E-state index in [1.54, 1.807) is 0 Å². The van der Waals surface area contributed by atoms with Crippen LogP contribution < -0.4 is 0 Å². The standard InChI is InChI=1S/C60H49FN4O3/c61-46-28-25-43(26-29-46)59(66)68-38-60(67)36-14-13-23-45(60)27-24-44-37-53-56(41-19-9-3-10-20-41)51-33-32-49(63-51)54(39-15-5-1-6-16-39)47-30-31-48(62-47)55(40-17-7-2-8-18-40)50-34-35-52(64-50)57(58(44)65-53)42-21-11-4-12-22-42/h1-12,15-22,25-26,28-35,37,45,62,64,67H,13-14,23-24,27,36,38H2/t45-,60-/m1/s1/i37D,38D/t38?,45-,60-. The molecule has 2 aliphatic heterocycles. The Kier molecular flexibility index (Phi) is 10.9. The van der Waals surface area contributed by atoms with Gasteiger partial charge in [0.1, 0.15) is 18.0 Å². The van der Waals surface area contributed by atoms with Gasteiger partial charge in [0.2, 0.25) is 0 Å². The van der Waals surface area contributed by atoms with E-state index in [1.165, 1.54) is 24.3 Å². The molecular weight excluding hydrogens is 844 g/mol. The van der Waals surface area contributed by atoms with E-state index in [1.807, 2.05) is 97.1 Å². The molecule has 7 nitrogen and oxygen atoms in total. The Morgan fingerprint density at radius 2 is 1.13 bits per heavy atom. The van der Waals surface area contributed by atoms with Gasteiger partial charge in [-0.1, -0.05) is 134 Å². The lowest BCUT2D eigenvalue weighted by molar-refractivity contribution is -0.0928. The summed E-state index contributed by atoms with van der Waals surface area (Å²) in [6.07, 6.45) is 7.12. The van der Waals surface area contributed by atoms with Crippen molar-refractivity contribution >= 4 is 51.8 Å². The second kappa shape index (κ2) is 18.4. The van der Waals surface area contributed by atoms with Crippen LogP contribution in [-0.4, -0.2) is 43.2 Å². The fourth-order valence-electron chi connectivity index (χ4n) is 10.0. The van der Waals surface area contributed by atoms with Crippen LogP contribution in [0, 0.1) is 11.7 Å². The Balaban J connectivity index is 1.16. The number of aromatic amines is 2. The summed E-state index contributed by atoms with van der Waals surface area (Å²) in [6.45, 7) is -1.59. The molecule has 0 saturated heterocycles. The van der Waals surface area contributed by atoms with Gasteiger partial charge in [0.15, 0.2) is 0 Å². The minimum absolute atomic E-state index is 0.101. The summed E-state index contributed by atoms with van der Waals surface area (Å²) >= 11 is 0. The molecule has 68 heavy (non-hydrogen) atoms. The first-order valence-electron chi connectivity index (χ1n) is 24.3. The van der Waals surface area contributed by atoms with Crippen LogP contribution in [0.5, 0.6) is 0 Å². The number of carbonyl (C=O) groups excluding carboxylic acids is 1. The van der Waals surface area contributed by atoms with Gasteiger partial charge in [-0.05, 0) is 126 Å². The summed E-state index contributed by atoms with van der Waals surface area (Å²) in [7, 11) is 0. The molecule has 1 aliphatic carbocycles. The van der Waals surface area contributed by atoms with Crippen LogP contribution in [0.1, 0.15) is 74.4 Å². The monoisotopic (exact) mass is 894 g/mol. The molecule has 8 heteroatoms. The highest BCUT2D eigenvalue weighted by Gasteiger charge is 2.40. The van der Waals surface area contributed by atoms with Gasteiger partial charge in [-0.25, -0.2) is 19.2 Å². The first-order chi connectivity index (χ1) is 34.2. The average Bonchev–Trinajstić information content (AvgIpc) is 4.23. The van der Waals surface area contributed by atoms with Gasteiger partial charge in [-0.15, -0.1) is 0 Å². The van der Waals surface area contributed by atoms with E-state index < -0.39 is 29.9 Å². The minimum atomic E-state index is -1.67. The van der Waals surface area contributed by atoms with Crippen molar-refractivity contribution in [2.24, 2.45) is 5.92 Å². The van der Waals surface area contributed by atoms with E-state index in [4.69, 9.17) is 16.1 Å². The normalized spacial score (nSPS) is 17.6. The highest BCUT2D eigenvalue weighted by Crippen LogP contribution is 2.44. The van der Waals surface area contributed by atoms with Gasteiger partial charge >= 0.3 is 5.97 Å². The quantitative estimate of drug-likeness (QED) is 0.119. The Morgan fingerprint density at radius 1 is 0.632 bits per heavy atom. The fraction of sp³-hybridized carbons (Fsp3) is 0.150. The second-order valence-corrected chi connectivity index (χ2v) is 17.7. The Bertz CT molecular complexity index is 3480. The van der Waals surface area contributed by atoms with Crippen molar-refractivity contribution < 1.29 is 21.8 Å². The largest absolute Gasteiger partial charge is 0.459 e. The van der Waals surface area contributed by atoms with Crippen molar-refractivity contribution in [1.82, 2.24) is 19.9 Å². The highest BCUT2D eigenvalue weighted by molar-refractivity contribution is 6.02. The van der Waals surface area contributed by atoms with Crippen LogP contribution in [0.25, 0.3) is 90.4 Å². The molecule has 1 unspecified atom stereocenters. The average molecular weight is 895 g/mol. The van der Waals surface area contributed by atoms with Gasteiger partial charge in [-0.3, -0.25) is 0 Å². The topological polar surface area (TPSA) is 104 Å². The van der Waals surface area contributed by atoms with Gasteiger partial charge < -0.3 is 19.8 Å². The van der Waals surface area contributed by atoms with Crippen molar-refractivity contribution in [3.05, 3.63) is 204 Å². The number of hydrogen-bond acceptors (Lipinski definition) is 5. The molecule has 1 fully saturated rings. The zero-order valence-corrected chi connectivity index (χ0v) is 37.3. The maximum atomic E-state index is 13.7. The lowest BCUT2D eigenvalue weighted by Crippen LogP contribution is -2.45. The predicted octanol–water partition coefficient (Wildman–Crippen LogP) is 14.4. The van der Waals surface area contributed by atoms with Crippen molar-refractivity contribution in [1.29, 1.82) is 0 Å². The molecule has 334 valence electrons. The number of hydrogen-bond donors (Lipinski definition) is 3. The number of ether oxygens (including phenoxy) is 1. The smallest absolute Gasteiger partial charge is 0.338 e. The zero-order chi connectivity index (χ0) is 47.8. The molecule has 3 aliphatic rings. The molecule has 8 bridgehead atoms. The molecule has 0 amide bonds. The van der Waals surface area contributed by atoms with Crippen LogP contribution in [0.4, 0.5) is 4.39 Å². The fourth-order valence-corrected chi connectivity index (χ4v) is 10.0. The summed E-state index contributed by atoms with van der Waals surface area (Å²) < 4.78 is 38.8. The zero-order valence-electron chi connectivity index (χ0n) is 39.3.